The van der Waals surface area contributed by atoms with Crippen LogP contribution in [0.2, 0.25) is 0 Å². The van der Waals surface area contributed by atoms with Crippen LogP contribution in [-0.2, 0) is 22.0 Å². The Labute approximate surface area is 167 Å². The van der Waals surface area contributed by atoms with Crippen molar-refractivity contribution in [2.24, 2.45) is 0 Å². The Morgan fingerprint density at radius 3 is 1.24 bits per heavy atom. The summed E-state index contributed by atoms with van der Waals surface area (Å²) < 4.78 is 20.5. The molecule has 0 aliphatic rings. The van der Waals surface area contributed by atoms with Gasteiger partial charge in [-0.25, -0.2) is 0 Å². The van der Waals surface area contributed by atoms with Crippen LogP contribution in [0, 0.1) is 0 Å². The van der Waals surface area contributed by atoms with Crippen molar-refractivity contribution in [3.63, 3.8) is 0 Å². The molecule has 0 aliphatic heterocycles. The van der Waals surface area contributed by atoms with Gasteiger partial charge in [-0.15, -0.1) is 0 Å². The number of benzene rings is 2. The fourth-order valence-electron chi connectivity index (χ4n) is 2.16. The van der Waals surface area contributed by atoms with Crippen LogP contribution in [-0.4, -0.2) is 35.4 Å². The van der Waals surface area contributed by atoms with Crippen molar-refractivity contribution in [1.82, 2.24) is 0 Å². The van der Waals surface area contributed by atoms with Gasteiger partial charge in [-0.05, 0) is 49.1 Å². The van der Waals surface area contributed by atoms with Crippen LogP contribution in [0.4, 0.5) is 0 Å². The Morgan fingerprint density at radius 1 is 0.640 bits per heavy atom. The third kappa shape index (κ3) is 14.4. The Morgan fingerprint density at radius 2 is 0.960 bits per heavy atom. The molecular weight excluding hydrogens is 366 g/mol. The molecule has 132 valence electrons. The van der Waals surface area contributed by atoms with Gasteiger partial charge in [0, 0.05) is 16.1 Å². The first-order valence-corrected chi connectivity index (χ1v) is 11.1. The van der Waals surface area contributed by atoms with E-state index in [9.17, 15) is 18.9 Å². The van der Waals surface area contributed by atoms with E-state index in [1.54, 1.807) is 0 Å². The second-order valence-corrected chi connectivity index (χ2v) is 7.91. The molecule has 0 aliphatic carbocycles. The molecule has 25 heavy (non-hydrogen) atoms. The van der Waals surface area contributed by atoms with E-state index in [1.165, 1.54) is 11.1 Å². The summed E-state index contributed by atoms with van der Waals surface area (Å²) in [4.78, 5) is 20.5. The zero-order chi connectivity index (χ0) is 17.6. The number of hydrogen-bond acceptors (Lipinski definition) is 4. The summed E-state index contributed by atoms with van der Waals surface area (Å²) in [6, 6.07) is 19.9. The maximum absolute atomic E-state index is 10.3. The van der Waals surface area contributed by atoms with Crippen LogP contribution in [0.25, 0.3) is 0 Å². The molecule has 0 amide bonds. The molecule has 2 rings (SSSR count). The minimum Gasteiger partial charge on any atom is -0.802 e. The second-order valence-electron chi connectivity index (χ2n) is 5.42. The van der Waals surface area contributed by atoms with E-state index < -0.39 is 16.1 Å². The van der Waals surface area contributed by atoms with E-state index in [2.05, 4.69) is 0 Å². The average Bonchev–Trinajstić information content (AvgIpc) is 2.57. The average molecular weight is 391 g/mol. The molecule has 0 aromatic heterocycles. The van der Waals surface area contributed by atoms with Gasteiger partial charge in [-0.1, -0.05) is 60.7 Å². The summed E-state index contributed by atoms with van der Waals surface area (Å²) >= 11 is 0. The smallest absolute Gasteiger partial charge is 0.802 e. The largest absolute Gasteiger partial charge is 2.00 e. The van der Waals surface area contributed by atoms with Gasteiger partial charge in [0.25, 0.3) is 0 Å². The van der Waals surface area contributed by atoms with Crippen molar-refractivity contribution >= 4 is 39.1 Å². The first kappa shape index (κ1) is 24.6. The van der Waals surface area contributed by atoms with Crippen molar-refractivity contribution in [2.75, 3.05) is 12.3 Å². The number of hydrogen-bond donors (Lipinski definition) is 0. The van der Waals surface area contributed by atoms with E-state index in [0.717, 1.165) is 25.7 Å². The van der Waals surface area contributed by atoms with E-state index in [4.69, 9.17) is 0 Å². The Kier molecular flexibility index (Phi) is 15.5. The maximum Gasteiger partial charge on any atom is 2.00 e. The molecule has 0 saturated heterocycles. The quantitative estimate of drug-likeness (QED) is 0.512. The molecule has 0 heterocycles. The summed E-state index contributed by atoms with van der Waals surface area (Å²) in [7, 11) is -5.01. The predicted molar refractivity (Wildman–Crippen MR) is 103 cm³/mol. The maximum atomic E-state index is 10.3. The van der Waals surface area contributed by atoms with Gasteiger partial charge in [0.2, 0.25) is 0 Å². The topological polar surface area (TPSA) is 80.3 Å². The Bertz CT molecular complexity index is 553. The van der Waals surface area contributed by atoms with Crippen molar-refractivity contribution < 1.29 is 18.9 Å². The van der Waals surface area contributed by atoms with Gasteiger partial charge < -0.3 is 18.9 Å². The molecule has 4 nitrogen and oxygen atoms in total. The molecule has 7 heteroatoms. The van der Waals surface area contributed by atoms with E-state index in [0.29, 0.717) is 12.3 Å². The van der Waals surface area contributed by atoms with Gasteiger partial charge in [0.1, 0.15) is 0 Å². The van der Waals surface area contributed by atoms with E-state index in [1.807, 2.05) is 60.7 Å². The Hall–Kier alpha value is -0.414. The molecule has 0 spiro atoms. The van der Waals surface area contributed by atoms with Gasteiger partial charge in [0.15, 0.2) is 0 Å². The monoisotopic (exact) mass is 390 g/mol. The molecule has 2 aromatic carbocycles. The summed E-state index contributed by atoms with van der Waals surface area (Å²) in [5.41, 5.74) is 2.42. The number of aryl methyl sites for hydroxylation is 2. The summed E-state index contributed by atoms with van der Waals surface area (Å²) in [5.74, 6) is 0. The van der Waals surface area contributed by atoms with Crippen LogP contribution in [0.3, 0.4) is 0 Å². The second kappa shape index (κ2) is 15.8. The standard InChI is InChI=1S/2C9H13O2P.Mg/c2*10-12(11)8-4-7-9-5-2-1-3-6-9;/h2*1-3,5-6,12H,4,7-8H2,(H,10,11);/q;;+2/p-2. The molecule has 2 atom stereocenters. The Balaban J connectivity index is 0.000000443. The van der Waals surface area contributed by atoms with Crippen LogP contribution < -0.4 is 9.79 Å². The van der Waals surface area contributed by atoms with Crippen LogP contribution in [0.15, 0.2) is 60.7 Å². The molecule has 2 aromatic rings. The fourth-order valence-corrected chi connectivity index (χ4v) is 3.09. The van der Waals surface area contributed by atoms with E-state index >= 15 is 0 Å². The third-order valence-corrected chi connectivity index (χ3v) is 4.90. The molecule has 0 bridgehead atoms. The zero-order valence-electron chi connectivity index (χ0n) is 14.4. The molecule has 2 unspecified atom stereocenters. The molecule has 0 fully saturated rings. The molecule has 0 N–H and O–H groups in total. The fraction of sp³-hybridized carbons (Fsp3) is 0.333. The predicted octanol–water partition coefficient (Wildman–Crippen LogP) is 2.53. The van der Waals surface area contributed by atoms with Crippen LogP contribution >= 0.6 is 16.1 Å². The molecule has 0 radical (unpaired) electrons. The SMILES string of the molecule is O=[PH]([O-])CCCc1ccccc1.O=[PH]([O-])CCCc1ccccc1.[Mg+2]. The summed E-state index contributed by atoms with van der Waals surface area (Å²) in [6.45, 7) is 0. The van der Waals surface area contributed by atoms with Gasteiger partial charge >= 0.3 is 23.1 Å². The van der Waals surface area contributed by atoms with Crippen molar-refractivity contribution in [1.29, 1.82) is 0 Å². The van der Waals surface area contributed by atoms with Gasteiger partial charge in [-0.2, -0.15) is 0 Å². The van der Waals surface area contributed by atoms with Crippen LogP contribution in [0.5, 0.6) is 0 Å². The first-order valence-electron chi connectivity index (χ1n) is 8.05. The summed E-state index contributed by atoms with van der Waals surface area (Å²) in [6.07, 6.45) is 3.87. The van der Waals surface area contributed by atoms with Crippen molar-refractivity contribution in [2.45, 2.75) is 25.7 Å². The van der Waals surface area contributed by atoms with Crippen molar-refractivity contribution in [3.05, 3.63) is 71.8 Å². The molecule has 0 saturated carbocycles. The molecular formula is C18H24MgO4P2. The van der Waals surface area contributed by atoms with Crippen LogP contribution in [0.1, 0.15) is 24.0 Å². The first-order chi connectivity index (χ1) is 11.6. The zero-order valence-corrected chi connectivity index (χ0v) is 17.8. The van der Waals surface area contributed by atoms with Gasteiger partial charge in [0.05, 0.1) is 0 Å². The third-order valence-electron chi connectivity index (χ3n) is 3.38. The minimum atomic E-state index is -2.50. The summed E-state index contributed by atoms with van der Waals surface area (Å²) in [5, 5.41) is 0. The number of rotatable bonds is 8. The normalized spacial score (nSPS) is 12.2. The minimum absolute atomic E-state index is 0. The van der Waals surface area contributed by atoms with Gasteiger partial charge in [-0.3, -0.25) is 0 Å². The van der Waals surface area contributed by atoms with Crippen molar-refractivity contribution in [3.8, 4) is 0 Å². The van der Waals surface area contributed by atoms with E-state index in [-0.39, 0.29) is 23.1 Å².